The molecule has 1 amide bonds. The molecule has 0 aromatic heterocycles. The molecule has 0 spiro atoms. The minimum absolute atomic E-state index is 0.0113. The molecular weight excluding hydrogens is 333 g/mol. The van der Waals surface area contributed by atoms with Gasteiger partial charge in [-0.3, -0.25) is 10.2 Å². The molecule has 1 fully saturated rings. The Morgan fingerprint density at radius 1 is 1.24 bits per heavy atom. The molecule has 7 heteroatoms. The summed E-state index contributed by atoms with van der Waals surface area (Å²) in [5.41, 5.74) is 2.40. The van der Waals surface area contributed by atoms with Gasteiger partial charge < -0.3 is 4.74 Å². The highest BCUT2D eigenvalue weighted by molar-refractivity contribution is 5.92. The number of carbonyl (C=O) groups is 1. The summed E-state index contributed by atoms with van der Waals surface area (Å²) in [6, 6.07) is 8.08. The molecule has 1 heterocycles. The number of alkyl halides is 3. The molecule has 0 bridgehead atoms. The zero-order valence-electron chi connectivity index (χ0n) is 13.8. The molecule has 1 N–H and O–H groups in total. The van der Waals surface area contributed by atoms with E-state index in [-0.39, 0.29) is 18.5 Å². The smallest absolute Gasteiger partial charge is 0.409 e. The van der Waals surface area contributed by atoms with E-state index in [1.54, 1.807) is 30.3 Å². The standard InChI is InChI=1S/C18H19F3N2O2/c1-2-11-25-14-8-4-6-12-5-3-7-13(16(12)14)17(18(19,20)21)23-10-9-15(24)22-23/h3-8,17H,2,9-11H2,1H3,(H,22,24)/t17-/m0/s1. The van der Waals surface area contributed by atoms with Gasteiger partial charge in [-0.1, -0.05) is 37.3 Å². The Balaban J connectivity index is 2.15. The van der Waals surface area contributed by atoms with E-state index < -0.39 is 18.1 Å². The zero-order valence-corrected chi connectivity index (χ0v) is 13.8. The van der Waals surface area contributed by atoms with Crippen LogP contribution in [-0.2, 0) is 4.79 Å². The van der Waals surface area contributed by atoms with Crippen LogP contribution in [0.2, 0.25) is 0 Å². The van der Waals surface area contributed by atoms with Crippen molar-refractivity contribution in [3.8, 4) is 5.75 Å². The van der Waals surface area contributed by atoms with Crippen molar-refractivity contribution >= 4 is 16.7 Å². The fraction of sp³-hybridized carbons (Fsp3) is 0.389. The second kappa shape index (κ2) is 6.92. The van der Waals surface area contributed by atoms with E-state index >= 15 is 0 Å². The first-order chi connectivity index (χ1) is 11.9. The van der Waals surface area contributed by atoms with Crippen LogP contribution < -0.4 is 10.2 Å². The minimum atomic E-state index is -4.54. The summed E-state index contributed by atoms with van der Waals surface area (Å²) in [6.45, 7) is 2.37. The maximum Gasteiger partial charge on any atom is 0.409 e. The van der Waals surface area contributed by atoms with Crippen molar-refractivity contribution in [1.29, 1.82) is 0 Å². The number of halogens is 3. The number of nitrogens with zero attached hydrogens (tertiary/aromatic N) is 1. The topological polar surface area (TPSA) is 41.6 Å². The minimum Gasteiger partial charge on any atom is -0.493 e. The third-order valence-corrected chi connectivity index (χ3v) is 4.12. The first kappa shape index (κ1) is 17.5. The largest absolute Gasteiger partial charge is 0.493 e. The normalized spacial score (nSPS) is 16.9. The van der Waals surface area contributed by atoms with Gasteiger partial charge in [-0.15, -0.1) is 0 Å². The Morgan fingerprint density at radius 3 is 2.56 bits per heavy atom. The number of hydrogen-bond acceptors (Lipinski definition) is 3. The van der Waals surface area contributed by atoms with E-state index in [9.17, 15) is 18.0 Å². The maximum absolute atomic E-state index is 13.9. The summed E-state index contributed by atoms with van der Waals surface area (Å²) in [7, 11) is 0. The van der Waals surface area contributed by atoms with Gasteiger partial charge in [-0.2, -0.15) is 13.2 Å². The van der Waals surface area contributed by atoms with Crippen molar-refractivity contribution in [3.63, 3.8) is 0 Å². The van der Waals surface area contributed by atoms with Crippen LogP contribution >= 0.6 is 0 Å². The molecule has 0 unspecified atom stereocenters. The van der Waals surface area contributed by atoms with Crippen molar-refractivity contribution in [2.75, 3.05) is 13.2 Å². The first-order valence-electron chi connectivity index (χ1n) is 8.19. The van der Waals surface area contributed by atoms with Gasteiger partial charge in [-0.25, -0.2) is 5.01 Å². The van der Waals surface area contributed by atoms with Crippen LogP contribution in [0, 0.1) is 0 Å². The van der Waals surface area contributed by atoms with Gasteiger partial charge in [-0.05, 0) is 23.4 Å². The highest BCUT2D eigenvalue weighted by Gasteiger charge is 2.47. The second-order valence-electron chi connectivity index (χ2n) is 5.97. The van der Waals surface area contributed by atoms with E-state index in [0.29, 0.717) is 23.1 Å². The van der Waals surface area contributed by atoms with Gasteiger partial charge >= 0.3 is 6.18 Å². The van der Waals surface area contributed by atoms with Crippen LogP contribution in [0.4, 0.5) is 13.2 Å². The predicted molar refractivity (Wildman–Crippen MR) is 88.0 cm³/mol. The number of hydrogen-bond donors (Lipinski definition) is 1. The molecule has 0 radical (unpaired) electrons. The van der Waals surface area contributed by atoms with Gasteiger partial charge in [0.15, 0.2) is 6.04 Å². The van der Waals surface area contributed by atoms with Gasteiger partial charge in [0.25, 0.3) is 0 Å². The van der Waals surface area contributed by atoms with E-state index in [2.05, 4.69) is 5.43 Å². The maximum atomic E-state index is 13.9. The lowest BCUT2D eigenvalue weighted by molar-refractivity contribution is -0.190. The number of nitrogens with one attached hydrogen (secondary N) is 1. The Morgan fingerprint density at radius 2 is 1.96 bits per heavy atom. The molecule has 0 aliphatic carbocycles. The van der Waals surface area contributed by atoms with Crippen molar-refractivity contribution in [1.82, 2.24) is 10.4 Å². The van der Waals surface area contributed by atoms with Gasteiger partial charge in [0.05, 0.1) is 6.61 Å². The lowest BCUT2D eigenvalue weighted by atomic mass is 9.97. The fourth-order valence-corrected chi connectivity index (χ4v) is 3.10. The quantitative estimate of drug-likeness (QED) is 0.885. The number of ether oxygens (including phenoxy) is 1. The van der Waals surface area contributed by atoms with Crippen LogP contribution in [0.5, 0.6) is 5.75 Å². The fourth-order valence-electron chi connectivity index (χ4n) is 3.10. The first-order valence-corrected chi connectivity index (χ1v) is 8.19. The lowest BCUT2D eigenvalue weighted by Gasteiger charge is -2.30. The van der Waals surface area contributed by atoms with E-state index in [1.807, 2.05) is 6.92 Å². The van der Waals surface area contributed by atoms with Crippen molar-refractivity contribution in [2.45, 2.75) is 32.0 Å². The highest BCUT2D eigenvalue weighted by Crippen LogP contribution is 2.43. The van der Waals surface area contributed by atoms with Crippen molar-refractivity contribution in [3.05, 3.63) is 42.0 Å². The molecule has 2 aromatic carbocycles. The van der Waals surface area contributed by atoms with Crippen molar-refractivity contribution in [2.24, 2.45) is 0 Å². The number of rotatable bonds is 5. The third kappa shape index (κ3) is 3.56. The summed E-state index contributed by atoms with van der Waals surface area (Å²) in [5, 5.41) is 2.07. The SMILES string of the molecule is CCCOc1cccc2cccc([C@H](N3CCC(=O)N3)C(F)(F)F)c12. The number of fused-ring (bicyclic) bond motifs is 1. The molecule has 0 saturated carbocycles. The number of amides is 1. The summed E-state index contributed by atoms with van der Waals surface area (Å²) in [6.07, 6.45) is -3.73. The molecule has 1 atom stereocenters. The molecule has 2 aromatic rings. The van der Waals surface area contributed by atoms with E-state index in [0.717, 1.165) is 11.4 Å². The van der Waals surface area contributed by atoms with Crippen molar-refractivity contribution < 1.29 is 22.7 Å². The Bertz CT molecular complexity index is 771. The van der Waals surface area contributed by atoms with Gasteiger partial charge in [0.1, 0.15) is 5.75 Å². The zero-order chi connectivity index (χ0) is 18.0. The number of benzene rings is 2. The summed E-state index contributed by atoms with van der Waals surface area (Å²) in [5.74, 6) is 0.0201. The highest BCUT2D eigenvalue weighted by atomic mass is 19.4. The predicted octanol–water partition coefficient (Wildman–Crippen LogP) is 3.97. The van der Waals surface area contributed by atoms with E-state index in [1.165, 1.54) is 6.07 Å². The number of hydrazine groups is 1. The molecule has 4 nitrogen and oxygen atoms in total. The molecule has 1 aliphatic heterocycles. The number of carbonyl (C=O) groups excluding carboxylic acids is 1. The summed E-state index contributed by atoms with van der Waals surface area (Å²) >= 11 is 0. The third-order valence-electron chi connectivity index (χ3n) is 4.12. The van der Waals surface area contributed by atoms with Crippen LogP contribution in [0.15, 0.2) is 36.4 Å². The molecule has 1 saturated heterocycles. The van der Waals surface area contributed by atoms with E-state index in [4.69, 9.17) is 4.74 Å². The summed E-state index contributed by atoms with van der Waals surface area (Å²) in [4.78, 5) is 11.4. The Hall–Kier alpha value is -2.28. The molecule has 1 aliphatic rings. The molecule has 25 heavy (non-hydrogen) atoms. The van der Waals surface area contributed by atoms with Gasteiger partial charge in [0.2, 0.25) is 5.91 Å². The van der Waals surface area contributed by atoms with Crippen LogP contribution in [0.3, 0.4) is 0 Å². The van der Waals surface area contributed by atoms with Gasteiger partial charge in [0, 0.05) is 18.4 Å². The van der Waals surface area contributed by atoms with Crippen LogP contribution in [-0.4, -0.2) is 30.2 Å². The molecule has 134 valence electrons. The summed E-state index contributed by atoms with van der Waals surface area (Å²) < 4.78 is 47.3. The average Bonchev–Trinajstić information content (AvgIpc) is 2.97. The second-order valence-corrected chi connectivity index (χ2v) is 5.97. The molecular formula is C18H19F3N2O2. The monoisotopic (exact) mass is 352 g/mol. The van der Waals surface area contributed by atoms with Crippen LogP contribution in [0.25, 0.3) is 10.8 Å². The Kier molecular flexibility index (Phi) is 4.85. The Labute approximate surface area is 143 Å². The molecule has 3 rings (SSSR count). The van der Waals surface area contributed by atoms with Crippen LogP contribution in [0.1, 0.15) is 31.4 Å². The average molecular weight is 352 g/mol. The lowest BCUT2D eigenvalue weighted by Crippen LogP contribution is -2.43.